The molecule has 0 aliphatic heterocycles. The van der Waals surface area contributed by atoms with E-state index < -0.39 is 24.0 Å². The molecule has 6 nitrogen and oxygen atoms in total. The summed E-state index contributed by atoms with van der Waals surface area (Å²) >= 11 is 5.90. The second-order valence-electron chi connectivity index (χ2n) is 5.38. The van der Waals surface area contributed by atoms with Crippen LogP contribution in [0.15, 0.2) is 54.6 Å². The highest BCUT2D eigenvalue weighted by Gasteiger charge is 2.22. The minimum absolute atomic E-state index is 0.242. The monoisotopic (exact) mass is 372 g/mol. The van der Waals surface area contributed by atoms with Crippen molar-refractivity contribution in [3.8, 4) is 0 Å². The van der Waals surface area contributed by atoms with Gasteiger partial charge in [-0.3, -0.25) is 10.1 Å². The highest BCUT2D eigenvalue weighted by Crippen LogP contribution is 2.22. The van der Waals surface area contributed by atoms with E-state index in [-0.39, 0.29) is 5.57 Å². The molecule has 2 aromatic carbocycles. The van der Waals surface area contributed by atoms with Crippen molar-refractivity contribution in [1.29, 1.82) is 0 Å². The molecule has 0 saturated heterocycles. The van der Waals surface area contributed by atoms with Gasteiger partial charge < -0.3 is 10.5 Å². The van der Waals surface area contributed by atoms with Crippen molar-refractivity contribution in [1.82, 2.24) is 5.32 Å². The fraction of sp³-hybridized carbons (Fsp3) is 0.105. The number of ether oxygens (including phenoxy) is 1. The highest BCUT2D eigenvalue weighted by molar-refractivity contribution is 6.30. The number of esters is 1. The molecule has 0 spiro atoms. The van der Waals surface area contributed by atoms with E-state index in [1.165, 1.54) is 6.92 Å². The van der Waals surface area contributed by atoms with Gasteiger partial charge in [0.05, 0.1) is 5.57 Å². The van der Waals surface area contributed by atoms with E-state index in [9.17, 15) is 14.4 Å². The van der Waals surface area contributed by atoms with E-state index in [1.54, 1.807) is 30.3 Å². The van der Waals surface area contributed by atoms with Crippen LogP contribution in [0, 0.1) is 0 Å². The molecule has 0 aliphatic rings. The van der Waals surface area contributed by atoms with E-state index in [4.69, 9.17) is 22.1 Å². The molecule has 0 aromatic heterocycles. The van der Waals surface area contributed by atoms with Gasteiger partial charge in [0.15, 0.2) is 6.10 Å². The average molecular weight is 373 g/mol. The number of urea groups is 1. The van der Waals surface area contributed by atoms with Crippen LogP contribution < -0.4 is 11.1 Å². The number of hydrogen-bond acceptors (Lipinski definition) is 4. The van der Waals surface area contributed by atoms with Crippen LogP contribution in [-0.2, 0) is 14.3 Å². The van der Waals surface area contributed by atoms with Crippen molar-refractivity contribution in [2.75, 3.05) is 0 Å². The van der Waals surface area contributed by atoms with E-state index in [2.05, 4.69) is 0 Å². The van der Waals surface area contributed by atoms with Crippen molar-refractivity contribution >= 4 is 41.2 Å². The Morgan fingerprint density at radius 1 is 1.08 bits per heavy atom. The Morgan fingerprint density at radius 2 is 1.69 bits per heavy atom. The van der Waals surface area contributed by atoms with Crippen LogP contribution in [-0.4, -0.2) is 24.0 Å². The van der Waals surface area contributed by atoms with Gasteiger partial charge in [0.25, 0.3) is 5.91 Å². The first kappa shape index (κ1) is 19.2. The standard InChI is InChI=1S/C19H17ClN2O4/c1-12(17(23)22-19(21)25)26-18(24)16(11-13-5-3-2-4-6-13)14-7-9-15(20)10-8-14/h2-12H,1H3,(H3,21,22,23,25)/b16-11+/t12-/m1/s1. The van der Waals surface area contributed by atoms with Gasteiger partial charge in [-0.05, 0) is 36.3 Å². The first-order chi connectivity index (χ1) is 12.4. The molecule has 2 rings (SSSR count). The number of nitrogens with one attached hydrogen (secondary N) is 1. The second kappa shape index (κ2) is 8.82. The Hall–Kier alpha value is -3.12. The Labute approximate surface area is 155 Å². The van der Waals surface area contributed by atoms with Crippen LogP contribution in [0.2, 0.25) is 5.02 Å². The van der Waals surface area contributed by atoms with Crippen molar-refractivity contribution in [3.05, 3.63) is 70.7 Å². The second-order valence-corrected chi connectivity index (χ2v) is 5.81. The van der Waals surface area contributed by atoms with Crippen LogP contribution >= 0.6 is 11.6 Å². The Morgan fingerprint density at radius 3 is 2.27 bits per heavy atom. The van der Waals surface area contributed by atoms with E-state index >= 15 is 0 Å². The smallest absolute Gasteiger partial charge is 0.339 e. The molecule has 3 N–H and O–H groups in total. The lowest BCUT2D eigenvalue weighted by Gasteiger charge is -2.14. The van der Waals surface area contributed by atoms with Crippen LogP contribution in [0.5, 0.6) is 0 Å². The molecule has 3 amide bonds. The average Bonchev–Trinajstić information content (AvgIpc) is 2.60. The number of nitrogens with two attached hydrogens (primary N) is 1. The number of benzene rings is 2. The fourth-order valence-electron chi connectivity index (χ4n) is 2.11. The molecule has 0 bridgehead atoms. The third-order valence-electron chi connectivity index (χ3n) is 3.39. The first-order valence-corrected chi connectivity index (χ1v) is 8.08. The number of amides is 3. The number of imide groups is 1. The van der Waals surface area contributed by atoms with Crippen LogP contribution in [0.25, 0.3) is 11.6 Å². The van der Waals surface area contributed by atoms with Gasteiger partial charge in [0, 0.05) is 5.02 Å². The van der Waals surface area contributed by atoms with E-state index in [0.717, 1.165) is 5.56 Å². The number of hydrogen-bond donors (Lipinski definition) is 2. The molecule has 134 valence electrons. The molecule has 26 heavy (non-hydrogen) atoms. The van der Waals surface area contributed by atoms with Crippen molar-refractivity contribution in [2.45, 2.75) is 13.0 Å². The minimum Gasteiger partial charge on any atom is -0.449 e. The number of carbonyl (C=O) groups is 3. The molecule has 2 aromatic rings. The quantitative estimate of drug-likeness (QED) is 0.478. The predicted molar refractivity (Wildman–Crippen MR) is 99.0 cm³/mol. The Kier molecular flexibility index (Phi) is 6.52. The summed E-state index contributed by atoms with van der Waals surface area (Å²) < 4.78 is 5.17. The lowest BCUT2D eigenvalue weighted by molar-refractivity contribution is -0.148. The van der Waals surface area contributed by atoms with Crippen molar-refractivity contribution in [2.24, 2.45) is 5.73 Å². The summed E-state index contributed by atoms with van der Waals surface area (Å²) in [5, 5.41) is 2.39. The van der Waals surface area contributed by atoms with Gasteiger partial charge in [0.1, 0.15) is 0 Å². The summed E-state index contributed by atoms with van der Waals surface area (Å²) in [4.78, 5) is 35.1. The minimum atomic E-state index is -1.19. The molecule has 0 radical (unpaired) electrons. The predicted octanol–water partition coefficient (Wildman–Crippen LogP) is 3.01. The van der Waals surface area contributed by atoms with Gasteiger partial charge in [0.2, 0.25) is 0 Å². The zero-order chi connectivity index (χ0) is 19.1. The molecule has 0 unspecified atom stereocenters. The normalized spacial score (nSPS) is 12.2. The van der Waals surface area contributed by atoms with Crippen molar-refractivity contribution < 1.29 is 19.1 Å². The Balaban J connectivity index is 2.30. The number of halogens is 1. The maximum atomic E-state index is 12.6. The number of carbonyl (C=O) groups excluding carboxylic acids is 3. The van der Waals surface area contributed by atoms with Gasteiger partial charge in [-0.2, -0.15) is 0 Å². The fourth-order valence-corrected chi connectivity index (χ4v) is 2.23. The molecule has 0 heterocycles. The maximum Gasteiger partial charge on any atom is 0.339 e. The summed E-state index contributed by atoms with van der Waals surface area (Å²) in [6, 6.07) is 14.8. The molecule has 0 aliphatic carbocycles. The lowest BCUT2D eigenvalue weighted by Crippen LogP contribution is -2.42. The summed E-state index contributed by atoms with van der Waals surface area (Å²) in [6.45, 7) is 1.35. The molecule has 0 saturated carbocycles. The summed E-state index contributed by atoms with van der Waals surface area (Å²) in [5.74, 6) is -1.52. The SMILES string of the molecule is C[C@@H](OC(=O)/C(=C/c1ccccc1)c1ccc(Cl)cc1)C(=O)NC(N)=O. The zero-order valence-electron chi connectivity index (χ0n) is 13.9. The summed E-state index contributed by atoms with van der Waals surface area (Å²) in [5.41, 5.74) is 6.49. The van der Waals surface area contributed by atoms with Gasteiger partial charge in [-0.15, -0.1) is 0 Å². The highest BCUT2D eigenvalue weighted by atomic mass is 35.5. The van der Waals surface area contributed by atoms with Gasteiger partial charge in [-0.1, -0.05) is 54.1 Å². The summed E-state index contributed by atoms with van der Waals surface area (Å²) in [7, 11) is 0. The van der Waals surface area contributed by atoms with E-state index in [1.807, 2.05) is 35.6 Å². The lowest BCUT2D eigenvalue weighted by atomic mass is 10.0. The van der Waals surface area contributed by atoms with Crippen LogP contribution in [0.3, 0.4) is 0 Å². The molecule has 0 fully saturated rings. The van der Waals surface area contributed by atoms with Crippen LogP contribution in [0.1, 0.15) is 18.1 Å². The molecule has 7 heteroatoms. The van der Waals surface area contributed by atoms with Gasteiger partial charge in [-0.25, -0.2) is 9.59 Å². The Bertz CT molecular complexity index is 832. The zero-order valence-corrected chi connectivity index (χ0v) is 14.7. The molecule has 1 atom stereocenters. The van der Waals surface area contributed by atoms with Crippen molar-refractivity contribution in [3.63, 3.8) is 0 Å². The van der Waals surface area contributed by atoms with Gasteiger partial charge >= 0.3 is 12.0 Å². The third-order valence-corrected chi connectivity index (χ3v) is 3.64. The molecular formula is C19H17ClN2O4. The topological polar surface area (TPSA) is 98.5 Å². The van der Waals surface area contributed by atoms with E-state index in [0.29, 0.717) is 10.6 Å². The largest absolute Gasteiger partial charge is 0.449 e. The number of primary amides is 1. The first-order valence-electron chi connectivity index (χ1n) is 7.71. The third kappa shape index (κ3) is 5.46. The van der Waals surface area contributed by atoms with Crippen LogP contribution in [0.4, 0.5) is 4.79 Å². The molecular weight excluding hydrogens is 356 g/mol. The maximum absolute atomic E-state index is 12.6. The number of rotatable bonds is 5. The summed E-state index contributed by atoms with van der Waals surface area (Å²) in [6.07, 6.45) is 0.450.